The molecule has 0 aromatic heterocycles. The molecule has 2 unspecified atom stereocenters. The van der Waals surface area contributed by atoms with E-state index >= 15 is 0 Å². The van der Waals surface area contributed by atoms with Gasteiger partial charge in [-0.15, -0.1) is 0 Å². The first-order valence-corrected chi connectivity index (χ1v) is 8.67. The van der Waals surface area contributed by atoms with E-state index in [1.807, 2.05) is 25.1 Å². The van der Waals surface area contributed by atoms with Crippen LogP contribution in [0.2, 0.25) is 0 Å². The predicted molar refractivity (Wildman–Crippen MR) is 96.7 cm³/mol. The van der Waals surface area contributed by atoms with E-state index in [1.165, 1.54) is 11.1 Å². The summed E-state index contributed by atoms with van der Waals surface area (Å²) in [6, 6.07) is 15.3. The van der Waals surface area contributed by atoms with Crippen LogP contribution in [0.15, 0.2) is 48.5 Å². The van der Waals surface area contributed by atoms with Gasteiger partial charge in [-0.3, -0.25) is 4.79 Å². The summed E-state index contributed by atoms with van der Waals surface area (Å²) >= 11 is 0. The number of ether oxygens (including phenoxy) is 1. The van der Waals surface area contributed by atoms with Gasteiger partial charge in [0.05, 0.1) is 18.3 Å². The van der Waals surface area contributed by atoms with Crippen LogP contribution in [0.5, 0.6) is 5.75 Å². The molecule has 0 radical (unpaired) electrons. The van der Waals surface area contributed by atoms with Crippen molar-refractivity contribution in [1.82, 2.24) is 10.6 Å². The predicted octanol–water partition coefficient (Wildman–Crippen LogP) is 1.89. The molecular formula is C20H24N2O3. The highest BCUT2D eigenvalue weighted by atomic mass is 16.5. The summed E-state index contributed by atoms with van der Waals surface area (Å²) in [5.41, 5.74) is 3.00. The van der Waals surface area contributed by atoms with E-state index in [-0.39, 0.29) is 18.5 Å². The minimum Gasteiger partial charge on any atom is -0.493 e. The number of aliphatic hydroxyl groups excluding tert-OH is 1. The highest BCUT2D eigenvalue weighted by molar-refractivity contribution is 5.96. The topological polar surface area (TPSA) is 70.6 Å². The van der Waals surface area contributed by atoms with Gasteiger partial charge in [0.2, 0.25) is 0 Å². The van der Waals surface area contributed by atoms with E-state index < -0.39 is 6.10 Å². The van der Waals surface area contributed by atoms with Gasteiger partial charge in [-0.1, -0.05) is 36.4 Å². The lowest BCUT2D eigenvalue weighted by molar-refractivity contribution is 0.0866. The minimum atomic E-state index is -0.656. The van der Waals surface area contributed by atoms with Crippen molar-refractivity contribution in [3.63, 3.8) is 0 Å². The average Bonchev–Trinajstić information content (AvgIpc) is 2.66. The van der Waals surface area contributed by atoms with Gasteiger partial charge in [0.1, 0.15) is 5.75 Å². The summed E-state index contributed by atoms with van der Waals surface area (Å²) in [6.07, 6.45) is 0.0968. The highest BCUT2D eigenvalue weighted by Crippen LogP contribution is 2.19. The number of carbonyl (C=O) groups is 1. The standard InChI is InChI=1S/C20H24N2O3/c1-2-25-19-10-6-5-9-16(19)20(24)22-13-18(23)17-11-14-7-3-4-8-15(14)12-21-17/h3-10,17-18,21,23H,2,11-13H2,1H3,(H,22,24). The zero-order valence-corrected chi connectivity index (χ0v) is 14.4. The molecule has 5 nitrogen and oxygen atoms in total. The smallest absolute Gasteiger partial charge is 0.255 e. The molecule has 0 fully saturated rings. The third-order valence-electron chi connectivity index (χ3n) is 4.48. The number of fused-ring (bicyclic) bond motifs is 1. The van der Waals surface area contributed by atoms with Crippen molar-refractivity contribution in [2.45, 2.75) is 32.0 Å². The summed E-state index contributed by atoms with van der Waals surface area (Å²) in [5.74, 6) is 0.320. The Morgan fingerprint density at radius 1 is 1.24 bits per heavy atom. The first-order chi connectivity index (χ1) is 12.2. The number of rotatable bonds is 6. The third-order valence-corrected chi connectivity index (χ3v) is 4.48. The second kappa shape index (κ2) is 8.14. The van der Waals surface area contributed by atoms with Gasteiger partial charge >= 0.3 is 0 Å². The summed E-state index contributed by atoms with van der Waals surface area (Å²) < 4.78 is 5.48. The zero-order chi connectivity index (χ0) is 17.6. The van der Waals surface area contributed by atoms with Crippen molar-refractivity contribution < 1.29 is 14.6 Å². The maximum absolute atomic E-state index is 12.4. The molecule has 1 amide bonds. The van der Waals surface area contributed by atoms with Crippen molar-refractivity contribution in [3.05, 3.63) is 65.2 Å². The van der Waals surface area contributed by atoms with Crippen LogP contribution >= 0.6 is 0 Å². The molecule has 0 spiro atoms. The lowest BCUT2D eigenvalue weighted by atomic mass is 9.93. The van der Waals surface area contributed by atoms with E-state index in [4.69, 9.17) is 4.74 Å². The molecular weight excluding hydrogens is 316 g/mol. The summed E-state index contributed by atoms with van der Waals surface area (Å²) in [7, 11) is 0. The van der Waals surface area contributed by atoms with E-state index in [1.54, 1.807) is 18.2 Å². The zero-order valence-electron chi connectivity index (χ0n) is 14.4. The Morgan fingerprint density at radius 2 is 1.96 bits per heavy atom. The highest BCUT2D eigenvalue weighted by Gasteiger charge is 2.25. The number of carbonyl (C=O) groups excluding carboxylic acids is 1. The lowest BCUT2D eigenvalue weighted by Gasteiger charge is -2.30. The van der Waals surface area contributed by atoms with E-state index in [0.717, 1.165) is 13.0 Å². The van der Waals surface area contributed by atoms with E-state index in [0.29, 0.717) is 17.9 Å². The number of nitrogens with one attached hydrogen (secondary N) is 2. The second-order valence-electron chi connectivity index (χ2n) is 6.17. The molecule has 2 atom stereocenters. The molecule has 0 aliphatic carbocycles. The van der Waals surface area contributed by atoms with Crippen LogP contribution in [-0.4, -0.2) is 36.3 Å². The maximum Gasteiger partial charge on any atom is 0.255 e. The monoisotopic (exact) mass is 340 g/mol. The second-order valence-corrected chi connectivity index (χ2v) is 6.17. The third kappa shape index (κ3) is 4.18. The first-order valence-electron chi connectivity index (χ1n) is 8.67. The summed E-state index contributed by atoms with van der Waals surface area (Å²) in [5, 5.41) is 16.6. The number of para-hydroxylation sites is 1. The SMILES string of the molecule is CCOc1ccccc1C(=O)NCC(O)C1Cc2ccccc2CN1. The first kappa shape index (κ1) is 17.5. The van der Waals surface area contributed by atoms with E-state index in [9.17, 15) is 9.90 Å². The van der Waals surface area contributed by atoms with Crippen molar-refractivity contribution >= 4 is 5.91 Å². The van der Waals surface area contributed by atoms with Gasteiger partial charge in [0, 0.05) is 19.1 Å². The van der Waals surface area contributed by atoms with Crippen LogP contribution in [0, 0.1) is 0 Å². The minimum absolute atomic E-state index is 0.0719. The molecule has 3 N–H and O–H groups in total. The Labute approximate surface area is 148 Å². The molecule has 0 saturated carbocycles. The molecule has 1 aliphatic heterocycles. The number of amides is 1. The van der Waals surface area contributed by atoms with E-state index in [2.05, 4.69) is 22.8 Å². The maximum atomic E-state index is 12.4. The van der Waals surface area contributed by atoms with Crippen molar-refractivity contribution in [1.29, 1.82) is 0 Å². The molecule has 1 heterocycles. The Bertz CT molecular complexity index is 732. The average molecular weight is 340 g/mol. The molecule has 2 aromatic rings. The molecule has 5 heteroatoms. The summed E-state index contributed by atoms with van der Waals surface area (Å²) in [6.45, 7) is 3.31. The van der Waals surface area contributed by atoms with Gasteiger partial charge < -0.3 is 20.5 Å². The van der Waals surface area contributed by atoms with Gasteiger partial charge in [0.25, 0.3) is 5.91 Å². The molecule has 0 bridgehead atoms. The van der Waals surface area contributed by atoms with Crippen molar-refractivity contribution in [2.24, 2.45) is 0 Å². The molecule has 0 saturated heterocycles. The van der Waals surface area contributed by atoms with Crippen molar-refractivity contribution in [3.8, 4) is 5.75 Å². The molecule has 25 heavy (non-hydrogen) atoms. The molecule has 3 rings (SSSR count). The van der Waals surface area contributed by atoms with Crippen LogP contribution in [0.25, 0.3) is 0 Å². The number of hydrogen-bond donors (Lipinski definition) is 3. The number of aliphatic hydroxyl groups is 1. The largest absolute Gasteiger partial charge is 0.493 e. The van der Waals surface area contributed by atoms with Crippen LogP contribution in [0.1, 0.15) is 28.4 Å². The number of benzene rings is 2. The molecule has 132 valence electrons. The summed E-state index contributed by atoms with van der Waals surface area (Å²) in [4.78, 5) is 12.4. The van der Waals surface area contributed by atoms with Crippen LogP contribution < -0.4 is 15.4 Å². The molecule has 2 aromatic carbocycles. The normalized spacial score (nSPS) is 17.4. The van der Waals surface area contributed by atoms with Gasteiger partial charge in [-0.25, -0.2) is 0 Å². The Kier molecular flexibility index (Phi) is 5.68. The van der Waals surface area contributed by atoms with Crippen molar-refractivity contribution in [2.75, 3.05) is 13.2 Å². The molecule has 1 aliphatic rings. The van der Waals surface area contributed by atoms with Gasteiger partial charge in [-0.2, -0.15) is 0 Å². The van der Waals surface area contributed by atoms with Crippen LogP contribution in [-0.2, 0) is 13.0 Å². The Balaban J connectivity index is 1.58. The van der Waals surface area contributed by atoms with Crippen LogP contribution in [0.4, 0.5) is 0 Å². The fourth-order valence-corrected chi connectivity index (χ4v) is 3.12. The quantitative estimate of drug-likeness (QED) is 0.751. The Morgan fingerprint density at radius 3 is 2.76 bits per heavy atom. The van der Waals surface area contributed by atoms with Crippen LogP contribution in [0.3, 0.4) is 0 Å². The lowest BCUT2D eigenvalue weighted by Crippen LogP contribution is -2.49. The van der Waals surface area contributed by atoms with Gasteiger partial charge in [0.15, 0.2) is 0 Å². The van der Waals surface area contributed by atoms with Gasteiger partial charge in [-0.05, 0) is 36.6 Å². The fourth-order valence-electron chi connectivity index (χ4n) is 3.12. The number of hydrogen-bond acceptors (Lipinski definition) is 4. The Hall–Kier alpha value is -2.37. The fraction of sp³-hybridized carbons (Fsp3) is 0.350.